The van der Waals surface area contributed by atoms with Crippen molar-refractivity contribution in [2.75, 3.05) is 6.54 Å². The molecule has 2 N–H and O–H groups in total. The van der Waals surface area contributed by atoms with Crippen molar-refractivity contribution in [1.29, 1.82) is 0 Å². The van der Waals surface area contributed by atoms with Crippen LogP contribution in [0.4, 0.5) is 0 Å². The molecular weight excluding hydrogens is 372 g/mol. The molecule has 3 rings (SSSR count). The third-order valence-electron chi connectivity index (χ3n) is 5.46. The fourth-order valence-corrected chi connectivity index (χ4v) is 4.97. The molecule has 1 aromatic carbocycles. The van der Waals surface area contributed by atoms with Crippen LogP contribution in [-0.4, -0.2) is 28.5 Å². The van der Waals surface area contributed by atoms with E-state index in [-0.39, 0.29) is 5.91 Å². The standard InChI is InChI=1S/C22H28N2O3S/c1-4-5-6-16-9-14(2)18(15(3)10-16)12-21(25)24-8-7-17-11-19(22(26)23-27)28-20(17)13-24/h9-11,27H,4-8,12-13H2,1-3H3,(H,23,26). The quantitative estimate of drug-likeness (QED) is 0.570. The minimum atomic E-state index is -0.494. The largest absolute Gasteiger partial charge is 0.337 e. The zero-order valence-corrected chi connectivity index (χ0v) is 17.6. The number of carbonyl (C=O) groups is 2. The van der Waals surface area contributed by atoms with Gasteiger partial charge in [-0.25, -0.2) is 5.48 Å². The van der Waals surface area contributed by atoms with Crippen molar-refractivity contribution in [3.05, 3.63) is 55.8 Å². The smallest absolute Gasteiger partial charge is 0.284 e. The Hall–Kier alpha value is -2.18. The summed E-state index contributed by atoms with van der Waals surface area (Å²) in [7, 11) is 0. The average Bonchev–Trinajstić information content (AvgIpc) is 3.11. The highest BCUT2D eigenvalue weighted by molar-refractivity contribution is 7.14. The van der Waals surface area contributed by atoms with Crippen LogP contribution in [0.3, 0.4) is 0 Å². The molecule has 1 aromatic heterocycles. The molecule has 0 unspecified atom stereocenters. The molecule has 150 valence electrons. The Balaban J connectivity index is 1.70. The number of hydroxylamine groups is 1. The van der Waals surface area contributed by atoms with Crippen molar-refractivity contribution < 1.29 is 14.8 Å². The average molecular weight is 401 g/mol. The fraction of sp³-hybridized carbons (Fsp3) is 0.455. The third kappa shape index (κ3) is 4.45. The van der Waals surface area contributed by atoms with Crippen LogP contribution in [-0.2, 0) is 30.6 Å². The van der Waals surface area contributed by atoms with Gasteiger partial charge in [-0.1, -0.05) is 25.5 Å². The van der Waals surface area contributed by atoms with Gasteiger partial charge in [0.25, 0.3) is 5.91 Å². The van der Waals surface area contributed by atoms with E-state index in [9.17, 15) is 9.59 Å². The molecule has 28 heavy (non-hydrogen) atoms. The van der Waals surface area contributed by atoms with Crippen LogP contribution < -0.4 is 5.48 Å². The first-order valence-electron chi connectivity index (χ1n) is 9.85. The highest BCUT2D eigenvalue weighted by Gasteiger charge is 2.25. The van der Waals surface area contributed by atoms with E-state index in [0.29, 0.717) is 24.4 Å². The van der Waals surface area contributed by atoms with Gasteiger partial charge in [-0.05, 0) is 67.0 Å². The van der Waals surface area contributed by atoms with Gasteiger partial charge in [0, 0.05) is 11.4 Å². The van der Waals surface area contributed by atoms with Crippen LogP contribution in [0.25, 0.3) is 0 Å². The molecule has 2 amide bonds. The van der Waals surface area contributed by atoms with E-state index in [2.05, 4.69) is 32.9 Å². The molecule has 0 radical (unpaired) electrons. The van der Waals surface area contributed by atoms with E-state index < -0.39 is 5.91 Å². The zero-order valence-electron chi connectivity index (χ0n) is 16.8. The van der Waals surface area contributed by atoms with Gasteiger partial charge < -0.3 is 4.90 Å². The van der Waals surface area contributed by atoms with Crippen molar-refractivity contribution in [2.24, 2.45) is 0 Å². The molecule has 6 heteroatoms. The van der Waals surface area contributed by atoms with Crippen LogP contribution >= 0.6 is 11.3 Å². The van der Waals surface area contributed by atoms with E-state index in [1.165, 1.54) is 40.9 Å². The SMILES string of the molecule is CCCCc1cc(C)c(CC(=O)N2CCc3cc(C(=O)NO)sc3C2)c(C)c1. The molecular formula is C22H28N2O3S. The van der Waals surface area contributed by atoms with Crippen LogP contribution in [0.5, 0.6) is 0 Å². The molecule has 0 saturated heterocycles. The first-order chi connectivity index (χ1) is 13.4. The summed E-state index contributed by atoms with van der Waals surface area (Å²) < 4.78 is 0. The second-order valence-electron chi connectivity index (χ2n) is 7.55. The van der Waals surface area contributed by atoms with Gasteiger partial charge in [-0.2, -0.15) is 0 Å². The number of carbonyl (C=O) groups excluding carboxylic acids is 2. The van der Waals surface area contributed by atoms with Crippen molar-refractivity contribution in [2.45, 2.75) is 59.4 Å². The highest BCUT2D eigenvalue weighted by atomic mass is 32.1. The number of hydrogen-bond donors (Lipinski definition) is 2. The zero-order chi connectivity index (χ0) is 20.3. The van der Waals surface area contributed by atoms with Gasteiger partial charge in [-0.15, -0.1) is 11.3 Å². The molecule has 2 aromatic rings. The number of unbranched alkanes of at least 4 members (excludes halogenated alkanes) is 1. The molecule has 0 saturated carbocycles. The molecule has 1 aliphatic heterocycles. The van der Waals surface area contributed by atoms with Gasteiger partial charge in [0.2, 0.25) is 5.91 Å². The number of rotatable bonds is 6. The Labute approximate surface area is 170 Å². The number of aryl methyl sites for hydroxylation is 3. The number of hydrogen-bond acceptors (Lipinski definition) is 4. The van der Waals surface area contributed by atoms with Gasteiger partial charge in [0.15, 0.2) is 0 Å². The monoisotopic (exact) mass is 400 g/mol. The summed E-state index contributed by atoms with van der Waals surface area (Å²) in [6, 6.07) is 6.26. The predicted molar refractivity (Wildman–Crippen MR) is 111 cm³/mol. The van der Waals surface area contributed by atoms with E-state index >= 15 is 0 Å². The number of benzene rings is 1. The number of thiophene rings is 1. The minimum absolute atomic E-state index is 0.125. The Morgan fingerprint density at radius 1 is 1.21 bits per heavy atom. The van der Waals surface area contributed by atoms with Gasteiger partial charge in [-0.3, -0.25) is 14.8 Å². The molecule has 1 aliphatic rings. The first kappa shape index (κ1) is 20.6. The lowest BCUT2D eigenvalue weighted by Crippen LogP contribution is -2.36. The minimum Gasteiger partial charge on any atom is -0.337 e. The van der Waals surface area contributed by atoms with Gasteiger partial charge >= 0.3 is 0 Å². The van der Waals surface area contributed by atoms with E-state index in [1.807, 2.05) is 11.0 Å². The van der Waals surface area contributed by atoms with Crippen molar-refractivity contribution in [1.82, 2.24) is 10.4 Å². The molecule has 2 heterocycles. The van der Waals surface area contributed by atoms with Gasteiger partial charge in [0.05, 0.1) is 17.8 Å². The molecule has 0 fully saturated rings. The van der Waals surface area contributed by atoms with Crippen molar-refractivity contribution in [3.8, 4) is 0 Å². The summed E-state index contributed by atoms with van der Waals surface area (Å²) in [5.41, 5.74) is 7.63. The number of nitrogens with zero attached hydrogens (tertiary/aromatic N) is 1. The molecule has 0 bridgehead atoms. The Morgan fingerprint density at radius 3 is 2.57 bits per heavy atom. The van der Waals surface area contributed by atoms with Crippen LogP contribution in [0.1, 0.15) is 62.1 Å². The summed E-state index contributed by atoms with van der Waals surface area (Å²) in [6.07, 6.45) is 4.61. The summed E-state index contributed by atoms with van der Waals surface area (Å²) in [5, 5.41) is 8.82. The summed E-state index contributed by atoms with van der Waals surface area (Å²) in [4.78, 5) is 28.0. The summed E-state index contributed by atoms with van der Waals surface area (Å²) in [6.45, 7) is 7.58. The van der Waals surface area contributed by atoms with Crippen LogP contribution in [0, 0.1) is 13.8 Å². The topological polar surface area (TPSA) is 69.6 Å². The fourth-order valence-electron chi connectivity index (χ4n) is 3.85. The van der Waals surface area contributed by atoms with Crippen LogP contribution in [0.2, 0.25) is 0 Å². The van der Waals surface area contributed by atoms with Crippen LogP contribution in [0.15, 0.2) is 18.2 Å². The number of amides is 2. The molecule has 0 aliphatic carbocycles. The lowest BCUT2D eigenvalue weighted by molar-refractivity contribution is -0.131. The normalized spacial score (nSPS) is 13.4. The Kier molecular flexibility index (Phi) is 6.52. The van der Waals surface area contributed by atoms with E-state index in [0.717, 1.165) is 28.8 Å². The molecule has 5 nitrogen and oxygen atoms in total. The summed E-state index contributed by atoms with van der Waals surface area (Å²) in [5.74, 6) is -0.369. The van der Waals surface area contributed by atoms with Crippen molar-refractivity contribution in [3.63, 3.8) is 0 Å². The van der Waals surface area contributed by atoms with E-state index in [4.69, 9.17) is 5.21 Å². The molecule has 0 spiro atoms. The third-order valence-corrected chi connectivity index (χ3v) is 6.62. The van der Waals surface area contributed by atoms with Gasteiger partial charge in [0.1, 0.15) is 0 Å². The van der Waals surface area contributed by atoms with Crippen molar-refractivity contribution >= 4 is 23.2 Å². The maximum Gasteiger partial charge on any atom is 0.284 e. The second kappa shape index (κ2) is 8.88. The predicted octanol–water partition coefficient (Wildman–Crippen LogP) is 3.95. The molecule has 0 atom stereocenters. The number of fused-ring (bicyclic) bond motifs is 1. The highest BCUT2D eigenvalue weighted by Crippen LogP contribution is 2.29. The maximum absolute atomic E-state index is 12.9. The Bertz CT molecular complexity index is 865. The second-order valence-corrected chi connectivity index (χ2v) is 8.69. The maximum atomic E-state index is 12.9. The Morgan fingerprint density at radius 2 is 1.93 bits per heavy atom. The number of nitrogens with one attached hydrogen (secondary N) is 1. The first-order valence-corrected chi connectivity index (χ1v) is 10.7. The lowest BCUT2D eigenvalue weighted by Gasteiger charge is -2.27. The lowest BCUT2D eigenvalue weighted by atomic mass is 9.94. The summed E-state index contributed by atoms with van der Waals surface area (Å²) >= 11 is 1.35. The van der Waals surface area contributed by atoms with E-state index in [1.54, 1.807) is 5.48 Å².